The maximum atomic E-state index is 13.5. The second-order valence-electron chi connectivity index (χ2n) is 5.53. The van der Waals surface area contributed by atoms with Gasteiger partial charge < -0.3 is 15.0 Å². The van der Waals surface area contributed by atoms with Crippen LogP contribution in [0.2, 0.25) is 0 Å². The van der Waals surface area contributed by atoms with Gasteiger partial charge in [0.25, 0.3) is 0 Å². The molecule has 0 unspecified atom stereocenters. The van der Waals surface area contributed by atoms with E-state index < -0.39 is 41.3 Å². The van der Waals surface area contributed by atoms with Gasteiger partial charge in [-0.05, 0) is 18.2 Å². The molecule has 1 N–H and O–H groups in total. The number of carbonyl (C=O) groups excluding carboxylic acids is 1. The highest BCUT2D eigenvalue weighted by molar-refractivity contribution is 5.90. The highest BCUT2D eigenvalue weighted by Crippen LogP contribution is 2.29. The average molecular weight is 373 g/mol. The van der Waals surface area contributed by atoms with Gasteiger partial charge in [0, 0.05) is 6.07 Å². The SMILES string of the molecule is O=C(Nc1c(F)cccc1F)N1CC(Oc2cccc(C(F)(F)F)n2)C1. The molecule has 1 aromatic heterocycles. The molecule has 0 bridgehead atoms. The molecule has 0 radical (unpaired) electrons. The van der Waals surface area contributed by atoms with E-state index in [1.807, 2.05) is 0 Å². The van der Waals surface area contributed by atoms with Gasteiger partial charge in [0.15, 0.2) is 0 Å². The van der Waals surface area contributed by atoms with Crippen LogP contribution in [0.5, 0.6) is 5.88 Å². The summed E-state index contributed by atoms with van der Waals surface area (Å²) in [6.07, 6.45) is -5.16. The zero-order chi connectivity index (χ0) is 18.9. The fraction of sp³-hybridized carbons (Fsp3) is 0.250. The number of para-hydroxylation sites is 1. The molecule has 1 saturated heterocycles. The fourth-order valence-electron chi connectivity index (χ4n) is 2.29. The van der Waals surface area contributed by atoms with Crippen molar-refractivity contribution < 1.29 is 31.5 Å². The number of nitrogens with one attached hydrogen (secondary N) is 1. The molecule has 138 valence electrons. The van der Waals surface area contributed by atoms with Gasteiger partial charge in [0.1, 0.15) is 29.1 Å². The number of rotatable bonds is 3. The minimum Gasteiger partial charge on any atom is -0.471 e. The van der Waals surface area contributed by atoms with Crippen molar-refractivity contribution in [1.29, 1.82) is 0 Å². The van der Waals surface area contributed by atoms with Crippen LogP contribution in [0.1, 0.15) is 5.69 Å². The van der Waals surface area contributed by atoms with Gasteiger partial charge in [-0.15, -0.1) is 0 Å². The van der Waals surface area contributed by atoms with Crippen LogP contribution >= 0.6 is 0 Å². The van der Waals surface area contributed by atoms with E-state index in [-0.39, 0.29) is 19.0 Å². The Morgan fingerprint density at radius 3 is 2.35 bits per heavy atom. The normalized spacial score (nSPS) is 14.7. The molecule has 0 aliphatic carbocycles. The highest BCUT2D eigenvalue weighted by Gasteiger charge is 2.35. The van der Waals surface area contributed by atoms with Gasteiger partial charge in [0.2, 0.25) is 5.88 Å². The van der Waals surface area contributed by atoms with Crippen LogP contribution in [0, 0.1) is 11.6 Å². The Morgan fingerprint density at radius 1 is 1.12 bits per heavy atom. The lowest BCUT2D eigenvalue weighted by molar-refractivity contribution is -0.141. The van der Waals surface area contributed by atoms with Crippen LogP contribution in [0.4, 0.5) is 32.4 Å². The number of anilines is 1. The standard InChI is InChI=1S/C16H12F5N3O2/c17-10-3-1-4-11(18)14(10)23-15(25)24-7-9(8-24)26-13-6-2-5-12(22-13)16(19,20)21/h1-6,9H,7-8H2,(H,23,25). The van der Waals surface area contributed by atoms with E-state index in [0.717, 1.165) is 30.3 Å². The van der Waals surface area contributed by atoms with E-state index in [1.165, 1.54) is 11.0 Å². The van der Waals surface area contributed by atoms with Gasteiger partial charge in [-0.25, -0.2) is 18.6 Å². The zero-order valence-electron chi connectivity index (χ0n) is 13.1. The summed E-state index contributed by atoms with van der Waals surface area (Å²) < 4.78 is 70.1. The number of hydrogen-bond donors (Lipinski definition) is 1. The van der Waals surface area contributed by atoms with Crippen LogP contribution < -0.4 is 10.1 Å². The quantitative estimate of drug-likeness (QED) is 0.836. The number of ether oxygens (including phenoxy) is 1. The monoisotopic (exact) mass is 373 g/mol. The van der Waals surface area contributed by atoms with Crippen LogP contribution in [-0.2, 0) is 6.18 Å². The van der Waals surface area contributed by atoms with Gasteiger partial charge in [-0.2, -0.15) is 13.2 Å². The summed E-state index contributed by atoms with van der Waals surface area (Å²) in [7, 11) is 0. The second kappa shape index (κ2) is 6.77. The van der Waals surface area contributed by atoms with Gasteiger partial charge in [0.05, 0.1) is 13.1 Å². The molecule has 5 nitrogen and oxygen atoms in total. The first-order valence-electron chi connectivity index (χ1n) is 7.45. The van der Waals surface area contributed by atoms with Crippen molar-refractivity contribution in [2.75, 3.05) is 18.4 Å². The summed E-state index contributed by atoms with van der Waals surface area (Å²) in [5, 5.41) is 2.11. The van der Waals surface area contributed by atoms with Crippen molar-refractivity contribution in [1.82, 2.24) is 9.88 Å². The molecule has 1 fully saturated rings. The minimum atomic E-state index is -4.59. The van der Waals surface area contributed by atoms with E-state index in [2.05, 4.69) is 10.3 Å². The maximum Gasteiger partial charge on any atom is 0.433 e. The molecule has 2 heterocycles. The fourth-order valence-corrected chi connectivity index (χ4v) is 2.29. The molecule has 2 aromatic rings. The molecule has 26 heavy (non-hydrogen) atoms. The van der Waals surface area contributed by atoms with Crippen molar-refractivity contribution in [3.63, 3.8) is 0 Å². The van der Waals surface area contributed by atoms with E-state index in [0.29, 0.717) is 0 Å². The Morgan fingerprint density at radius 2 is 1.73 bits per heavy atom. The number of alkyl halides is 3. The summed E-state index contributed by atoms with van der Waals surface area (Å²) in [6.45, 7) is 0.0830. The Bertz CT molecular complexity index is 802. The smallest absolute Gasteiger partial charge is 0.433 e. The maximum absolute atomic E-state index is 13.5. The van der Waals surface area contributed by atoms with Gasteiger partial charge >= 0.3 is 12.2 Å². The number of urea groups is 1. The Hall–Kier alpha value is -2.91. The number of aromatic nitrogens is 1. The number of pyridine rings is 1. The Labute approximate surface area is 144 Å². The predicted molar refractivity (Wildman–Crippen MR) is 80.6 cm³/mol. The van der Waals surface area contributed by atoms with Crippen molar-refractivity contribution in [3.8, 4) is 5.88 Å². The number of benzene rings is 1. The van der Waals surface area contributed by atoms with E-state index in [9.17, 15) is 26.7 Å². The first-order valence-corrected chi connectivity index (χ1v) is 7.45. The predicted octanol–water partition coefficient (Wildman–Crippen LogP) is 3.67. The lowest BCUT2D eigenvalue weighted by atomic mass is 10.2. The Kier molecular flexibility index (Phi) is 4.66. The van der Waals surface area contributed by atoms with E-state index in [1.54, 1.807) is 0 Å². The van der Waals surface area contributed by atoms with Crippen molar-refractivity contribution in [2.45, 2.75) is 12.3 Å². The average Bonchev–Trinajstić information content (AvgIpc) is 2.53. The third-order valence-corrected chi connectivity index (χ3v) is 3.63. The summed E-state index contributed by atoms with van der Waals surface area (Å²) in [6, 6.07) is 5.67. The largest absolute Gasteiger partial charge is 0.471 e. The minimum absolute atomic E-state index is 0.0415. The molecule has 1 aliphatic rings. The van der Waals surface area contributed by atoms with Crippen molar-refractivity contribution in [2.24, 2.45) is 0 Å². The van der Waals surface area contributed by atoms with Crippen molar-refractivity contribution >= 4 is 11.7 Å². The summed E-state index contributed by atoms with van der Waals surface area (Å²) in [4.78, 5) is 16.5. The summed E-state index contributed by atoms with van der Waals surface area (Å²) >= 11 is 0. The molecule has 2 amide bonds. The molecule has 1 aliphatic heterocycles. The van der Waals surface area contributed by atoms with Crippen LogP contribution in [0.3, 0.4) is 0 Å². The number of hydrogen-bond acceptors (Lipinski definition) is 3. The molecule has 3 rings (SSSR count). The molecular formula is C16H12F5N3O2. The first kappa shape index (κ1) is 17.9. The third kappa shape index (κ3) is 3.84. The zero-order valence-corrected chi connectivity index (χ0v) is 13.1. The lowest BCUT2D eigenvalue weighted by Crippen LogP contribution is -2.57. The van der Waals surface area contributed by atoms with Crippen molar-refractivity contribution in [3.05, 3.63) is 53.7 Å². The summed E-state index contributed by atoms with van der Waals surface area (Å²) in [5.74, 6) is -2.05. The number of nitrogens with zero attached hydrogens (tertiary/aromatic N) is 2. The lowest BCUT2D eigenvalue weighted by Gasteiger charge is -2.38. The van der Waals surface area contributed by atoms with E-state index >= 15 is 0 Å². The van der Waals surface area contributed by atoms with Gasteiger partial charge in [-0.1, -0.05) is 12.1 Å². The van der Waals surface area contributed by atoms with Gasteiger partial charge in [-0.3, -0.25) is 0 Å². The first-order chi connectivity index (χ1) is 12.2. The topological polar surface area (TPSA) is 54.5 Å². The molecule has 1 aromatic carbocycles. The molecule has 0 atom stereocenters. The summed E-state index contributed by atoms with van der Waals surface area (Å²) in [5.41, 5.74) is -1.65. The van der Waals surface area contributed by atoms with E-state index in [4.69, 9.17) is 4.74 Å². The van der Waals surface area contributed by atoms with Crippen LogP contribution in [0.25, 0.3) is 0 Å². The number of halogens is 5. The molecular weight excluding hydrogens is 361 g/mol. The number of amides is 2. The molecule has 10 heteroatoms. The number of carbonyl (C=O) groups is 1. The third-order valence-electron chi connectivity index (χ3n) is 3.63. The molecule has 0 saturated carbocycles. The molecule has 0 spiro atoms. The van der Waals surface area contributed by atoms with Crippen LogP contribution in [-0.4, -0.2) is 35.1 Å². The Balaban J connectivity index is 1.55. The second-order valence-corrected chi connectivity index (χ2v) is 5.53. The number of likely N-dealkylation sites (tertiary alicyclic amines) is 1. The highest BCUT2D eigenvalue weighted by atomic mass is 19.4. The van der Waals surface area contributed by atoms with Crippen LogP contribution in [0.15, 0.2) is 36.4 Å².